The Labute approximate surface area is 291 Å². The number of nitrogens with zero attached hydrogens (tertiary/aromatic N) is 2. The number of nitrogens with one attached hydrogen (secondary N) is 1. The van der Waals surface area contributed by atoms with Gasteiger partial charge in [-0.05, 0) is 91.3 Å². The van der Waals surface area contributed by atoms with E-state index in [-0.39, 0.29) is 5.54 Å². The molecule has 0 radical (unpaired) electrons. The largest absolute Gasteiger partial charge is 0.490 e. The van der Waals surface area contributed by atoms with Crippen LogP contribution in [0.1, 0.15) is 56.1 Å². The number of unbranched alkanes of at least 4 members (excludes halogenated alkanes) is 2. The van der Waals surface area contributed by atoms with E-state index in [1.54, 1.807) is 11.8 Å². The Morgan fingerprint density at radius 3 is 2.56 bits per heavy atom. The molecule has 1 amide bonds. The molecule has 2 aliphatic rings. The summed E-state index contributed by atoms with van der Waals surface area (Å²) in [6.07, 6.45) is 3.51. The van der Waals surface area contributed by atoms with Crippen molar-refractivity contribution in [2.24, 2.45) is 0 Å². The molecule has 2 aliphatic carbocycles. The van der Waals surface area contributed by atoms with E-state index in [1.165, 1.54) is 17.5 Å². The number of aliphatic hydroxyl groups is 5. The fourth-order valence-corrected chi connectivity index (χ4v) is 6.86. The summed E-state index contributed by atoms with van der Waals surface area (Å²) < 4.78 is 6.25. The number of pyridine rings is 1. The molecule has 1 heterocycles. The second-order valence-corrected chi connectivity index (χ2v) is 14.3. The standard InChI is InChI=1S/C36H46ClN3O7S/c1-40(35(46)34(45)33(44)32(43)30(42)22-41)17-5-2-6-18-48-25-11-12-29(37)23(19-25)20-39-36(14-15-36)28-21-38-16-13-26(28)27-7-3-4-8-31(27)47-24-9-10-24/h3-4,7-8,11-13,16,19,21,24,30,32-34,39,41-45H,2,5-6,9-10,14-15,17-18,20,22H2,1H3/t30-,32+,33-,34?/m0/s1. The third-order valence-corrected chi connectivity index (χ3v) is 10.5. The van der Waals surface area contributed by atoms with Crippen LogP contribution in [0.2, 0.25) is 5.02 Å². The highest BCUT2D eigenvalue weighted by atomic mass is 35.5. The van der Waals surface area contributed by atoms with Gasteiger partial charge in [0.1, 0.15) is 24.1 Å². The number of halogens is 1. The summed E-state index contributed by atoms with van der Waals surface area (Å²) in [6.45, 7) is 0.183. The molecule has 2 aromatic carbocycles. The molecule has 48 heavy (non-hydrogen) atoms. The predicted molar refractivity (Wildman–Crippen MR) is 186 cm³/mol. The van der Waals surface area contributed by atoms with Crippen LogP contribution in [0.15, 0.2) is 65.8 Å². The number of aliphatic hydroxyl groups excluding tert-OH is 5. The summed E-state index contributed by atoms with van der Waals surface area (Å²) in [5.74, 6) is 1.04. The van der Waals surface area contributed by atoms with Crippen LogP contribution in [-0.4, -0.2) is 97.8 Å². The van der Waals surface area contributed by atoms with Crippen molar-refractivity contribution in [1.82, 2.24) is 15.2 Å². The average molecular weight is 700 g/mol. The molecule has 3 aromatic rings. The van der Waals surface area contributed by atoms with Crippen molar-refractivity contribution in [1.29, 1.82) is 0 Å². The summed E-state index contributed by atoms with van der Waals surface area (Å²) in [4.78, 5) is 19.3. The van der Waals surface area contributed by atoms with Gasteiger partial charge >= 0.3 is 0 Å². The zero-order valence-electron chi connectivity index (χ0n) is 27.2. The molecule has 2 fully saturated rings. The number of likely N-dealkylation sites (N-methyl/N-ethyl adjacent to an activating group) is 1. The molecule has 0 bridgehead atoms. The minimum Gasteiger partial charge on any atom is -0.490 e. The molecular weight excluding hydrogens is 654 g/mol. The van der Waals surface area contributed by atoms with Crippen LogP contribution in [0.25, 0.3) is 11.1 Å². The maximum Gasteiger partial charge on any atom is 0.253 e. The number of hydrogen-bond acceptors (Lipinski definition) is 10. The normalized spacial score (nSPS) is 17.7. The topological polar surface area (TPSA) is 156 Å². The summed E-state index contributed by atoms with van der Waals surface area (Å²) in [5, 5.41) is 52.8. The number of amides is 1. The van der Waals surface area contributed by atoms with Gasteiger partial charge in [-0.1, -0.05) is 36.2 Å². The number of benzene rings is 2. The molecule has 0 aliphatic heterocycles. The zero-order chi connectivity index (χ0) is 34.3. The first-order chi connectivity index (χ1) is 23.1. The number of carbonyl (C=O) groups is 1. The van der Waals surface area contributed by atoms with Crippen molar-refractivity contribution in [3.05, 3.63) is 77.1 Å². The highest BCUT2D eigenvalue weighted by molar-refractivity contribution is 7.99. The van der Waals surface area contributed by atoms with Gasteiger partial charge in [-0.15, -0.1) is 11.8 Å². The molecule has 1 aromatic heterocycles. The number of rotatable bonds is 19. The lowest BCUT2D eigenvalue weighted by molar-refractivity contribution is -0.157. The Balaban J connectivity index is 1.10. The van der Waals surface area contributed by atoms with E-state index in [4.69, 9.17) is 21.4 Å². The Hall–Kier alpha value is -2.74. The van der Waals surface area contributed by atoms with Crippen LogP contribution in [0.5, 0.6) is 5.75 Å². The smallest absolute Gasteiger partial charge is 0.253 e. The average Bonchev–Trinajstić information content (AvgIpc) is 4.06. The molecule has 260 valence electrons. The van der Waals surface area contributed by atoms with Gasteiger partial charge in [0.15, 0.2) is 6.10 Å². The van der Waals surface area contributed by atoms with Crippen molar-refractivity contribution in [3.8, 4) is 16.9 Å². The van der Waals surface area contributed by atoms with Crippen LogP contribution in [0, 0.1) is 0 Å². The molecule has 1 unspecified atom stereocenters. The van der Waals surface area contributed by atoms with Crippen molar-refractivity contribution in [2.75, 3.05) is 26.0 Å². The van der Waals surface area contributed by atoms with Gasteiger partial charge in [0.2, 0.25) is 0 Å². The monoisotopic (exact) mass is 699 g/mol. The van der Waals surface area contributed by atoms with Crippen molar-refractivity contribution in [2.45, 2.75) is 92.4 Å². The number of thioether (sulfide) groups is 1. The number of aromatic nitrogens is 1. The van der Waals surface area contributed by atoms with E-state index in [0.717, 1.165) is 76.6 Å². The minimum atomic E-state index is -1.91. The van der Waals surface area contributed by atoms with E-state index in [1.807, 2.05) is 30.6 Å². The summed E-state index contributed by atoms with van der Waals surface area (Å²) in [7, 11) is 1.51. The van der Waals surface area contributed by atoms with Gasteiger partial charge in [0.05, 0.1) is 12.7 Å². The molecule has 2 saturated carbocycles. The van der Waals surface area contributed by atoms with E-state index in [2.05, 4.69) is 40.6 Å². The third-order valence-electron chi connectivity index (χ3n) is 9.01. The van der Waals surface area contributed by atoms with Crippen molar-refractivity contribution >= 4 is 29.3 Å². The predicted octanol–water partition coefficient (Wildman–Crippen LogP) is 3.88. The third kappa shape index (κ3) is 9.28. The fraction of sp³-hybridized carbons (Fsp3) is 0.500. The van der Waals surface area contributed by atoms with Crippen LogP contribution in [0.4, 0.5) is 0 Å². The van der Waals surface area contributed by atoms with Crippen molar-refractivity contribution in [3.63, 3.8) is 0 Å². The fourth-order valence-electron chi connectivity index (χ4n) is 5.70. The molecule has 0 saturated heterocycles. The Kier molecular flexibility index (Phi) is 12.8. The summed E-state index contributed by atoms with van der Waals surface area (Å²) in [5.41, 5.74) is 4.27. The van der Waals surface area contributed by atoms with E-state index in [9.17, 15) is 25.2 Å². The lowest BCUT2D eigenvalue weighted by Gasteiger charge is -2.28. The highest BCUT2D eigenvalue weighted by Gasteiger charge is 2.46. The number of hydrogen-bond donors (Lipinski definition) is 6. The lowest BCUT2D eigenvalue weighted by atomic mass is 9.94. The summed E-state index contributed by atoms with van der Waals surface area (Å²) >= 11 is 8.40. The van der Waals surface area contributed by atoms with Gasteiger partial charge in [0.25, 0.3) is 5.91 Å². The first kappa shape index (κ1) is 36.5. The minimum absolute atomic E-state index is 0.175. The van der Waals surface area contributed by atoms with Gasteiger partial charge in [-0.25, -0.2) is 0 Å². The van der Waals surface area contributed by atoms with Crippen LogP contribution < -0.4 is 10.1 Å². The zero-order valence-corrected chi connectivity index (χ0v) is 28.7. The molecule has 12 heteroatoms. The SMILES string of the molecule is CN(CCCCCSc1ccc(Cl)c(CNC2(c3cnccc3-c3ccccc3OC3CC3)CC2)c1)C(=O)C(O)[C@@H](O)[C@H](O)[C@@H](O)CO. The molecule has 5 rings (SSSR count). The van der Waals surface area contributed by atoms with E-state index >= 15 is 0 Å². The van der Waals surface area contributed by atoms with Crippen LogP contribution >= 0.6 is 23.4 Å². The Bertz CT molecular complexity index is 1520. The van der Waals surface area contributed by atoms with Gasteiger partial charge in [0, 0.05) is 53.6 Å². The Morgan fingerprint density at radius 2 is 1.83 bits per heavy atom. The first-order valence-electron chi connectivity index (χ1n) is 16.6. The maximum absolute atomic E-state index is 12.4. The second kappa shape index (κ2) is 16.8. The van der Waals surface area contributed by atoms with Crippen LogP contribution in [0.3, 0.4) is 0 Å². The highest BCUT2D eigenvalue weighted by Crippen LogP contribution is 2.50. The molecule has 4 atom stereocenters. The van der Waals surface area contributed by atoms with E-state index < -0.39 is 36.9 Å². The van der Waals surface area contributed by atoms with Crippen LogP contribution in [-0.2, 0) is 16.9 Å². The lowest BCUT2D eigenvalue weighted by Crippen LogP contribution is -2.52. The number of para-hydroxylation sites is 1. The van der Waals surface area contributed by atoms with Gasteiger partial charge < -0.3 is 40.5 Å². The number of ether oxygens (including phenoxy) is 1. The molecular formula is C36H46ClN3O7S. The van der Waals surface area contributed by atoms with E-state index in [0.29, 0.717) is 25.6 Å². The first-order valence-corrected chi connectivity index (χ1v) is 17.9. The van der Waals surface area contributed by atoms with Crippen molar-refractivity contribution < 1.29 is 35.1 Å². The molecule has 6 N–H and O–H groups in total. The van der Waals surface area contributed by atoms with Gasteiger partial charge in [-0.3, -0.25) is 9.78 Å². The summed E-state index contributed by atoms with van der Waals surface area (Å²) in [6, 6.07) is 16.4. The maximum atomic E-state index is 12.4. The molecule has 10 nitrogen and oxygen atoms in total. The molecule has 0 spiro atoms. The number of carbonyl (C=O) groups excluding carboxylic acids is 1. The second-order valence-electron chi connectivity index (χ2n) is 12.8. The van der Waals surface area contributed by atoms with Gasteiger partial charge in [-0.2, -0.15) is 0 Å². The Morgan fingerprint density at radius 1 is 1.06 bits per heavy atom. The quantitative estimate of drug-likeness (QED) is 0.0803.